The van der Waals surface area contributed by atoms with E-state index in [0.717, 1.165) is 5.69 Å². The van der Waals surface area contributed by atoms with Crippen molar-refractivity contribution in [1.82, 2.24) is 0 Å². The summed E-state index contributed by atoms with van der Waals surface area (Å²) in [6.45, 7) is 9.96. The molecule has 2 amide bonds. The van der Waals surface area contributed by atoms with Crippen molar-refractivity contribution in [3.8, 4) is 5.75 Å². The van der Waals surface area contributed by atoms with Crippen LogP contribution in [-0.4, -0.2) is 24.5 Å². The molecule has 2 aromatic carbocycles. The number of anilines is 2. The van der Waals surface area contributed by atoms with Crippen molar-refractivity contribution in [2.75, 3.05) is 16.8 Å². The number of hydrogen-bond acceptors (Lipinski definition) is 3. The van der Waals surface area contributed by atoms with Gasteiger partial charge in [0.05, 0.1) is 11.8 Å². The number of carbonyl (C=O) groups excluding carboxylic acids is 2. The van der Waals surface area contributed by atoms with Crippen molar-refractivity contribution in [3.63, 3.8) is 0 Å². The van der Waals surface area contributed by atoms with E-state index < -0.39 is 0 Å². The van der Waals surface area contributed by atoms with Gasteiger partial charge in [0, 0.05) is 25.6 Å². The average molecular weight is 383 g/mol. The standard InChI is InChI=1S/C23H30N2O3/c1-16(2)19-10-12-20(13-11-19)25(18(5)26)15-14-23(27)24-21-8-6-7-9-22(21)28-17(3)4/h6-13,16-17H,14-15H2,1-5H3,(H,24,27). The van der Waals surface area contributed by atoms with Crippen LogP contribution in [0.2, 0.25) is 0 Å². The summed E-state index contributed by atoms with van der Waals surface area (Å²) in [5.41, 5.74) is 2.65. The smallest absolute Gasteiger partial charge is 0.226 e. The van der Waals surface area contributed by atoms with Crippen molar-refractivity contribution in [2.45, 2.75) is 53.1 Å². The number of ether oxygens (including phenoxy) is 1. The van der Waals surface area contributed by atoms with Gasteiger partial charge in [0.2, 0.25) is 11.8 Å². The fraction of sp³-hybridized carbons (Fsp3) is 0.391. The van der Waals surface area contributed by atoms with E-state index in [1.165, 1.54) is 12.5 Å². The van der Waals surface area contributed by atoms with Gasteiger partial charge in [-0.05, 0) is 49.6 Å². The highest BCUT2D eigenvalue weighted by Gasteiger charge is 2.15. The highest BCUT2D eigenvalue weighted by atomic mass is 16.5. The highest BCUT2D eigenvalue weighted by molar-refractivity contribution is 5.95. The van der Waals surface area contributed by atoms with Crippen molar-refractivity contribution in [3.05, 3.63) is 54.1 Å². The van der Waals surface area contributed by atoms with E-state index in [-0.39, 0.29) is 24.3 Å². The Morgan fingerprint density at radius 3 is 2.21 bits per heavy atom. The van der Waals surface area contributed by atoms with Crippen molar-refractivity contribution >= 4 is 23.2 Å². The van der Waals surface area contributed by atoms with E-state index in [4.69, 9.17) is 4.74 Å². The fourth-order valence-electron chi connectivity index (χ4n) is 2.86. The van der Waals surface area contributed by atoms with Gasteiger partial charge in [0.15, 0.2) is 0 Å². The van der Waals surface area contributed by atoms with E-state index in [9.17, 15) is 9.59 Å². The second kappa shape index (κ2) is 9.93. The van der Waals surface area contributed by atoms with E-state index in [0.29, 0.717) is 23.9 Å². The predicted molar refractivity (Wildman–Crippen MR) is 114 cm³/mol. The summed E-state index contributed by atoms with van der Waals surface area (Å²) in [5.74, 6) is 0.816. The first-order valence-electron chi connectivity index (χ1n) is 9.71. The maximum atomic E-state index is 12.4. The number of amides is 2. The molecule has 0 aliphatic rings. The van der Waals surface area contributed by atoms with Crippen LogP contribution < -0.4 is 15.0 Å². The zero-order valence-corrected chi connectivity index (χ0v) is 17.4. The maximum Gasteiger partial charge on any atom is 0.226 e. The molecule has 0 saturated carbocycles. The summed E-state index contributed by atoms with van der Waals surface area (Å²) in [4.78, 5) is 26.2. The highest BCUT2D eigenvalue weighted by Crippen LogP contribution is 2.25. The number of nitrogens with zero attached hydrogens (tertiary/aromatic N) is 1. The second-order valence-corrected chi connectivity index (χ2v) is 7.38. The minimum absolute atomic E-state index is 0.0140. The van der Waals surface area contributed by atoms with Gasteiger partial charge in [0.1, 0.15) is 5.75 Å². The Hall–Kier alpha value is -2.82. The molecule has 0 atom stereocenters. The molecule has 2 aromatic rings. The lowest BCUT2D eigenvalue weighted by molar-refractivity contribution is -0.117. The zero-order valence-electron chi connectivity index (χ0n) is 17.4. The molecule has 5 heteroatoms. The van der Waals surface area contributed by atoms with Gasteiger partial charge in [-0.25, -0.2) is 0 Å². The first-order chi connectivity index (χ1) is 13.3. The normalized spacial score (nSPS) is 10.8. The van der Waals surface area contributed by atoms with Crippen LogP contribution >= 0.6 is 0 Å². The van der Waals surface area contributed by atoms with Gasteiger partial charge in [-0.3, -0.25) is 9.59 Å². The number of carbonyl (C=O) groups is 2. The summed E-state index contributed by atoms with van der Waals surface area (Å²) in [7, 11) is 0. The molecule has 1 N–H and O–H groups in total. The molecule has 0 aliphatic carbocycles. The molecule has 5 nitrogen and oxygen atoms in total. The third kappa shape index (κ3) is 6.12. The SMILES string of the molecule is CC(=O)N(CCC(=O)Nc1ccccc1OC(C)C)c1ccc(C(C)C)cc1. The molecule has 0 radical (unpaired) electrons. The number of rotatable bonds is 8. The van der Waals surface area contributed by atoms with Crippen molar-refractivity contribution < 1.29 is 14.3 Å². The maximum absolute atomic E-state index is 12.4. The van der Waals surface area contributed by atoms with Gasteiger partial charge >= 0.3 is 0 Å². The summed E-state index contributed by atoms with van der Waals surface area (Å²) >= 11 is 0. The first-order valence-corrected chi connectivity index (χ1v) is 9.71. The van der Waals surface area contributed by atoms with Gasteiger partial charge in [-0.2, -0.15) is 0 Å². The number of hydrogen-bond donors (Lipinski definition) is 1. The minimum atomic E-state index is -0.162. The number of benzene rings is 2. The van der Waals surface area contributed by atoms with Crippen LogP contribution in [0.3, 0.4) is 0 Å². The molecule has 150 valence electrons. The molecule has 0 saturated heterocycles. The van der Waals surface area contributed by atoms with Crippen LogP contribution in [-0.2, 0) is 9.59 Å². The molecular formula is C23H30N2O3. The fourth-order valence-corrected chi connectivity index (χ4v) is 2.86. The zero-order chi connectivity index (χ0) is 20.7. The van der Waals surface area contributed by atoms with E-state index in [1.54, 1.807) is 4.90 Å². The van der Waals surface area contributed by atoms with Crippen LogP contribution in [0.15, 0.2) is 48.5 Å². The molecule has 0 bridgehead atoms. The van der Waals surface area contributed by atoms with Crippen LogP contribution in [0.1, 0.15) is 52.5 Å². The molecule has 0 aromatic heterocycles. The Kier molecular flexibility index (Phi) is 7.61. The first kappa shape index (κ1) is 21.5. The summed E-state index contributed by atoms with van der Waals surface area (Å²) in [5, 5.41) is 2.88. The van der Waals surface area contributed by atoms with Gasteiger partial charge < -0.3 is 15.0 Å². The molecule has 0 unspecified atom stereocenters. The molecule has 28 heavy (non-hydrogen) atoms. The number of para-hydroxylation sites is 2. The minimum Gasteiger partial charge on any atom is -0.489 e. The largest absolute Gasteiger partial charge is 0.489 e. The second-order valence-electron chi connectivity index (χ2n) is 7.38. The lowest BCUT2D eigenvalue weighted by atomic mass is 10.0. The van der Waals surface area contributed by atoms with Crippen LogP contribution in [0.4, 0.5) is 11.4 Å². The van der Waals surface area contributed by atoms with Crippen LogP contribution in [0.25, 0.3) is 0 Å². The Labute approximate surface area is 167 Å². The van der Waals surface area contributed by atoms with E-state index in [1.807, 2.05) is 62.4 Å². The molecule has 0 fully saturated rings. The van der Waals surface area contributed by atoms with Crippen molar-refractivity contribution in [2.24, 2.45) is 0 Å². The molecule has 0 aliphatic heterocycles. The van der Waals surface area contributed by atoms with Gasteiger partial charge in [-0.15, -0.1) is 0 Å². The lowest BCUT2D eigenvalue weighted by Gasteiger charge is -2.22. The number of nitrogens with one attached hydrogen (secondary N) is 1. The predicted octanol–water partition coefficient (Wildman–Crippen LogP) is 4.98. The topological polar surface area (TPSA) is 58.6 Å². The van der Waals surface area contributed by atoms with Crippen LogP contribution in [0, 0.1) is 0 Å². The molecular weight excluding hydrogens is 352 g/mol. The Morgan fingerprint density at radius 2 is 1.64 bits per heavy atom. The lowest BCUT2D eigenvalue weighted by Crippen LogP contribution is -2.32. The third-order valence-electron chi connectivity index (χ3n) is 4.34. The summed E-state index contributed by atoms with van der Waals surface area (Å²) < 4.78 is 5.73. The van der Waals surface area contributed by atoms with Gasteiger partial charge in [-0.1, -0.05) is 38.1 Å². The Bertz CT molecular complexity index is 798. The third-order valence-corrected chi connectivity index (χ3v) is 4.34. The summed E-state index contributed by atoms with van der Waals surface area (Å²) in [6, 6.07) is 15.3. The molecule has 0 spiro atoms. The van der Waals surface area contributed by atoms with Crippen molar-refractivity contribution in [1.29, 1.82) is 0 Å². The van der Waals surface area contributed by atoms with Gasteiger partial charge in [0.25, 0.3) is 0 Å². The quantitative estimate of drug-likeness (QED) is 0.700. The Morgan fingerprint density at radius 1 is 1.00 bits per heavy atom. The van der Waals surface area contributed by atoms with Crippen LogP contribution in [0.5, 0.6) is 5.75 Å². The molecule has 2 rings (SSSR count). The monoisotopic (exact) mass is 382 g/mol. The molecule has 0 heterocycles. The van der Waals surface area contributed by atoms with E-state index >= 15 is 0 Å². The summed E-state index contributed by atoms with van der Waals surface area (Å²) in [6.07, 6.45) is 0.210. The Balaban J connectivity index is 2.02. The van der Waals surface area contributed by atoms with E-state index in [2.05, 4.69) is 19.2 Å². The average Bonchev–Trinajstić information content (AvgIpc) is 2.63.